The number of sulfonamides is 1. The Morgan fingerprint density at radius 2 is 1.80 bits per heavy atom. The summed E-state index contributed by atoms with van der Waals surface area (Å²) in [7, 11) is -3.93. The van der Waals surface area contributed by atoms with E-state index in [-0.39, 0.29) is 42.5 Å². The van der Waals surface area contributed by atoms with Crippen LogP contribution < -0.4 is 10.3 Å². The number of nitrogens with zero attached hydrogens (tertiary/aromatic N) is 5. The molecule has 4 aromatic rings. The van der Waals surface area contributed by atoms with Gasteiger partial charge in [0.25, 0.3) is 5.56 Å². The number of rotatable bonds is 9. The molecule has 0 aliphatic carbocycles. The van der Waals surface area contributed by atoms with Crippen LogP contribution in [0.15, 0.2) is 52.2 Å². The molecule has 0 saturated carbocycles. The van der Waals surface area contributed by atoms with Crippen molar-refractivity contribution in [2.45, 2.75) is 44.7 Å². The molecule has 1 aliphatic heterocycles. The normalized spacial score (nSPS) is 15.8. The second-order valence-electron chi connectivity index (χ2n) is 9.88. The van der Waals surface area contributed by atoms with Crippen molar-refractivity contribution in [3.8, 4) is 17.1 Å². The third-order valence-electron chi connectivity index (χ3n) is 7.15. The van der Waals surface area contributed by atoms with E-state index in [1.165, 1.54) is 45.2 Å². The van der Waals surface area contributed by atoms with Gasteiger partial charge in [-0.2, -0.15) is 4.31 Å². The molecule has 1 unspecified atom stereocenters. The van der Waals surface area contributed by atoms with Gasteiger partial charge in [0.2, 0.25) is 10.0 Å². The summed E-state index contributed by atoms with van der Waals surface area (Å²) in [6, 6.07) is 10.1. The van der Waals surface area contributed by atoms with E-state index in [1.807, 2.05) is 13.8 Å². The second kappa shape index (κ2) is 11.7. The number of halogens is 1. The number of imidazole rings is 1. The van der Waals surface area contributed by atoms with Crippen LogP contribution in [0.2, 0.25) is 0 Å². The van der Waals surface area contributed by atoms with Crippen LogP contribution in [0.25, 0.3) is 16.9 Å². The van der Waals surface area contributed by atoms with E-state index in [0.29, 0.717) is 46.9 Å². The fraction of sp³-hybridized carbons (Fsp3) is 0.393. The average molecular weight is 585 g/mol. The van der Waals surface area contributed by atoms with Gasteiger partial charge in [0.05, 0.1) is 22.8 Å². The Morgan fingerprint density at radius 3 is 2.46 bits per heavy atom. The predicted octanol–water partition coefficient (Wildman–Crippen LogP) is 2.88. The molecule has 0 bridgehead atoms. The van der Waals surface area contributed by atoms with Gasteiger partial charge < -0.3 is 14.8 Å². The first-order valence-corrected chi connectivity index (χ1v) is 15.0. The van der Waals surface area contributed by atoms with Crippen LogP contribution in [0.4, 0.5) is 4.39 Å². The molecule has 2 aromatic heterocycles. The Labute approximate surface area is 237 Å². The molecule has 218 valence electrons. The summed E-state index contributed by atoms with van der Waals surface area (Å²) in [6.45, 7) is 6.78. The number of piperazine rings is 1. The summed E-state index contributed by atoms with van der Waals surface area (Å²) in [5.74, 6) is 0.808. The van der Waals surface area contributed by atoms with Gasteiger partial charge in [0.15, 0.2) is 11.3 Å². The van der Waals surface area contributed by atoms with Crippen LogP contribution in [0.3, 0.4) is 0 Å². The highest BCUT2D eigenvalue weighted by Crippen LogP contribution is 2.32. The monoisotopic (exact) mass is 584 g/mol. The minimum atomic E-state index is -3.93. The average Bonchev–Trinajstić information content (AvgIpc) is 3.28. The van der Waals surface area contributed by atoms with Crippen molar-refractivity contribution in [2.24, 2.45) is 0 Å². The molecule has 2 N–H and O–H groups in total. The number of aliphatic hydroxyl groups is 1. The highest BCUT2D eigenvalue weighted by Gasteiger charge is 2.32. The van der Waals surface area contributed by atoms with Crippen LogP contribution >= 0.6 is 0 Å². The van der Waals surface area contributed by atoms with E-state index in [0.717, 1.165) is 6.42 Å². The van der Waals surface area contributed by atoms with E-state index < -0.39 is 22.1 Å². The van der Waals surface area contributed by atoms with Gasteiger partial charge in [-0.25, -0.2) is 22.3 Å². The highest BCUT2D eigenvalue weighted by molar-refractivity contribution is 7.89. The molecule has 5 rings (SSSR count). The molecule has 41 heavy (non-hydrogen) atoms. The number of hydrogen-bond donors (Lipinski definition) is 2. The number of ether oxygens (including phenoxy) is 1. The number of aromatic amines is 1. The molecule has 2 aromatic carbocycles. The molecule has 1 fully saturated rings. The van der Waals surface area contributed by atoms with Crippen LogP contribution in [0.1, 0.15) is 43.6 Å². The van der Waals surface area contributed by atoms with Gasteiger partial charge in [-0.15, -0.1) is 5.10 Å². The van der Waals surface area contributed by atoms with Crippen LogP contribution in [0, 0.1) is 12.7 Å². The molecule has 11 nitrogen and oxygen atoms in total. The molecule has 0 radical (unpaired) electrons. The van der Waals surface area contributed by atoms with Crippen molar-refractivity contribution in [1.29, 1.82) is 0 Å². The number of aryl methyl sites for hydroxylation is 2. The number of benzene rings is 2. The molecule has 0 spiro atoms. The number of hydrogen-bond acceptors (Lipinski definition) is 8. The van der Waals surface area contributed by atoms with E-state index in [9.17, 15) is 22.7 Å². The highest BCUT2D eigenvalue weighted by atomic mass is 32.2. The van der Waals surface area contributed by atoms with Gasteiger partial charge in [0.1, 0.15) is 23.6 Å². The minimum absolute atomic E-state index is 0.0295. The number of aliphatic hydroxyl groups excluding tert-OH is 1. The Hall–Kier alpha value is -3.65. The zero-order chi connectivity index (χ0) is 29.3. The Bertz CT molecular complexity index is 1710. The van der Waals surface area contributed by atoms with Gasteiger partial charge >= 0.3 is 0 Å². The fourth-order valence-corrected chi connectivity index (χ4v) is 6.51. The largest absolute Gasteiger partial charge is 0.493 e. The first-order chi connectivity index (χ1) is 19.6. The first-order valence-electron chi connectivity index (χ1n) is 13.6. The van der Waals surface area contributed by atoms with Crippen molar-refractivity contribution in [3.05, 3.63) is 75.7 Å². The van der Waals surface area contributed by atoms with Crippen LogP contribution in [-0.2, 0) is 16.4 Å². The molecule has 3 heterocycles. The maximum Gasteiger partial charge on any atom is 0.277 e. The molecule has 13 heteroatoms. The Balaban J connectivity index is 1.45. The zero-order valence-electron chi connectivity index (χ0n) is 23.2. The van der Waals surface area contributed by atoms with E-state index in [1.54, 1.807) is 17.9 Å². The second-order valence-corrected chi connectivity index (χ2v) is 11.8. The Kier molecular flexibility index (Phi) is 8.23. The molecular weight excluding hydrogens is 551 g/mol. The standard InChI is InChI=1S/C28H33FN6O5S/c1-4-6-24-30-18(3)25-27(36)31-26(32-35(24)25)22-17-21(11-12-23(22)40-5-2)41(38,39)34-15-13-33(14-16-34)28(37)19-7-9-20(29)10-8-19/h7-12,17,28,37H,4-6,13-16H2,1-3H3,(H,31,32,36). The third-order valence-corrected chi connectivity index (χ3v) is 9.04. The number of H-pyrrole nitrogens is 1. The van der Waals surface area contributed by atoms with Gasteiger partial charge in [-0.05, 0) is 56.2 Å². The maximum absolute atomic E-state index is 13.7. The van der Waals surface area contributed by atoms with Gasteiger partial charge in [0, 0.05) is 32.6 Å². The number of aromatic nitrogens is 4. The van der Waals surface area contributed by atoms with Crippen molar-refractivity contribution < 1.29 is 22.7 Å². The lowest BCUT2D eigenvalue weighted by Gasteiger charge is -2.36. The summed E-state index contributed by atoms with van der Waals surface area (Å²) in [4.78, 5) is 22.1. The minimum Gasteiger partial charge on any atom is -0.493 e. The lowest BCUT2D eigenvalue weighted by molar-refractivity contribution is -0.0160. The summed E-state index contributed by atoms with van der Waals surface area (Å²) in [6.07, 6.45) is 0.466. The van der Waals surface area contributed by atoms with E-state index in [4.69, 9.17) is 4.74 Å². The fourth-order valence-electron chi connectivity index (χ4n) is 5.06. The quantitative estimate of drug-likeness (QED) is 0.307. The van der Waals surface area contributed by atoms with Crippen molar-refractivity contribution in [3.63, 3.8) is 0 Å². The smallest absolute Gasteiger partial charge is 0.277 e. The van der Waals surface area contributed by atoms with Crippen LogP contribution in [-0.4, -0.2) is 75.1 Å². The van der Waals surface area contributed by atoms with Gasteiger partial charge in [-0.1, -0.05) is 19.1 Å². The molecule has 1 atom stereocenters. The summed E-state index contributed by atoms with van der Waals surface area (Å²) in [5.41, 5.74) is 1.41. The summed E-state index contributed by atoms with van der Waals surface area (Å²) >= 11 is 0. The lowest BCUT2D eigenvalue weighted by atomic mass is 10.1. The van der Waals surface area contributed by atoms with Crippen molar-refractivity contribution in [1.82, 2.24) is 28.8 Å². The third kappa shape index (κ3) is 5.62. The van der Waals surface area contributed by atoms with E-state index in [2.05, 4.69) is 15.1 Å². The summed E-state index contributed by atoms with van der Waals surface area (Å²) in [5, 5.41) is 15.4. The molecule has 0 amide bonds. The van der Waals surface area contributed by atoms with Crippen molar-refractivity contribution in [2.75, 3.05) is 32.8 Å². The maximum atomic E-state index is 13.7. The van der Waals surface area contributed by atoms with E-state index >= 15 is 0 Å². The van der Waals surface area contributed by atoms with Crippen molar-refractivity contribution >= 4 is 15.5 Å². The topological polar surface area (TPSA) is 133 Å². The van der Waals surface area contributed by atoms with Gasteiger partial charge in [-0.3, -0.25) is 9.69 Å². The molecule has 1 aliphatic rings. The molecule has 1 saturated heterocycles. The lowest BCUT2D eigenvalue weighted by Crippen LogP contribution is -2.49. The molecular formula is C28H33FN6O5S. The SMILES string of the molecule is CCCc1nc(C)c2c(=O)[nH]c(-c3cc(S(=O)(=O)N4CCN(C(O)c5ccc(F)cc5)CC4)ccc3OCC)nn12. The van der Waals surface area contributed by atoms with Crippen LogP contribution in [0.5, 0.6) is 5.75 Å². The first kappa shape index (κ1) is 28.9. The predicted molar refractivity (Wildman–Crippen MR) is 151 cm³/mol. The number of nitrogens with one attached hydrogen (secondary N) is 1. The number of fused-ring (bicyclic) bond motifs is 1. The summed E-state index contributed by atoms with van der Waals surface area (Å²) < 4.78 is 49.3. The Morgan fingerprint density at radius 1 is 1.10 bits per heavy atom. The zero-order valence-corrected chi connectivity index (χ0v) is 24.0.